The smallest absolute Gasteiger partial charge is 0.426 e. The second kappa shape index (κ2) is 9.23. The Hall–Kier alpha value is -1.56. The van der Waals surface area contributed by atoms with E-state index in [1.54, 1.807) is 12.3 Å². The molecule has 138 valence electrons. The molecule has 1 fully saturated rings. The maximum absolute atomic E-state index is 12.2. The first kappa shape index (κ1) is 19.8. The topological polar surface area (TPSA) is 164 Å². The van der Waals surface area contributed by atoms with Crippen LogP contribution < -0.4 is 16.8 Å². The normalized spacial score (nSPS) is 20.8. The first-order valence-electron chi connectivity index (χ1n) is 8.28. The first-order valence-corrected chi connectivity index (χ1v) is 8.28. The highest BCUT2D eigenvalue weighted by Gasteiger charge is 2.36. The average molecular weight is 352 g/mol. The Labute approximate surface area is 146 Å². The summed E-state index contributed by atoms with van der Waals surface area (Å²) in [6, 6.07) is 1.81. The SMILES string of the molecule is NCc1cc(CC(=O)N[C@H]2CC[C@@H](CC(O)O)OB2O)cnc1CN. The molecule has 0 bridgehead atoms. The molecule has 1 amide bonds. The molecule has 0 saturated carbocycles. The lowest BCUT2D eigenvalue weighted by atomic mass is 9.72. The van der Waals surface area contributed by atoms with Gasteiger partial charge < -0.3 is 36.7 Å². The van der Waals surface area contributed by atoms with Crippen LogP contribution in [0.25, 0.3) is 0 Å². The van der Waals surface area contributed by atoms with Crippen LogP contribution in [0.4, 0.5) is 0 Å². The summed E-state index contributed by atoms with van der Waals surface area (Å²) in [5.41, 5.74) is 13.5. The number of aromatic nitrogens is 1. The number of hydrogen-bond donors (Lipinski definition) is 6. The number of amides is 1. The highest BCUT2D eigenvalue weighted by atomic mass is 16.5. The summed E-state index contributed by atoms with van der Waals surface area (Å²) in [7, 11) is -1.18. The fourth-order valence-electron chi connectivity index (χ4n) is 2.91. The zero-order chi connectivity index (χ0) is 18.4. The Morgan fingerprint density at radius 2 is 2.16 bits per heavy atom. The van der Waals surface area contributed by atoms with E-state index < -0.39 is 25.5 Å². The molecule has 1 aromatic heterocycles. The van der Waals surface area contributed by atoms with Gasteiger partial charge in [0.05, 0.1) is 18.1 Å². The summed E-state index contributed by atoms with van der Waals surface area (Å²) in [6.45, 7) is 0.580. The van der Waals surface area contributed by atoms with E-state index in [1.165, 1.54) is 0 Å². The van der Waals surface area contributed by atoms with E-state index in [2.05, 4.69) is 10.3 Å². The summed E-state index contributed by atoms with van der Waals surface area (Å²) < 4.78 is 5.31. The minimum atomic E-state index is -1.48. The molecule has 1 aliphatic heterocycles. The Bertz CT molecular complexity index is 589. The first-order chi connectivity index (χ1) is 11.9. The maximum atomic E-state index is 12.2. The van der Waals surface area contributed by atoms with Crippen LogP contribution in [0.2, 0.25) is 0 Å². The highest BCUT2D eigenvalue weighted by molar-refractivity contribution is 6.45. The van der Waals surface area contributed by atoms with Crippen LogP contribution >= 0.6 is 0 Å². The van der Waals surface area contributed by atoms with Crippen LogP contribution in [0.15, 0.2) is 12.3 Å². The number of rotatable bonds is 7. The summed E-state index contributed by atoms with van der Waals surface area (Å²) in [5.74, 6) is -0.802. The third kappa shape index (κ3) is 5.74. The van der Waals surface area contributed by atoms with Crippen molar-refractivity contribution < 1.29 is 24.7 Å². The predicted octanol–water partition coefficient (Wildman–Crippen LogP) is -2.07. The lowest BCUT2D eigenvalue weighted by Gasteiger charge is -2.32. The van der Waals surface area contributed by atoms with Crippen molar-refractivity contribution in [1.29, 1.82) is 0 Å². The molecule has 1 aromatic rings. The quantitative estimate of drug-likeness (QED) is 0.241. The third-order valence-corrected chi connectivity index (χ3v) is 4.19. The van der Waals surface area contributed by atoms with E-state index in [1.807, 2.05) is 0 Å². The molecular weight excluding hydrogens is 327 g/mol. The number of carbonyl (C=O) groups is 1. The van der Waals surface area contributed by atoms with Crippen LogP contribution in [0.5, 0.6) is 0 Å². The minimum absolute atomic E-state index is 0.0265. The van der Waals surface area contributed by atoms with Crippen molar-refractivity contribution in [2.75, 3.05) is 0 Å². The van der Waals surface area contributed by atoms with Gasteiger partial charge in [-0.2, -0.15) is 0 Å². The van der Waals surface area contributed by atoms with Gasteiger partial charge in [0.25, 0.3) is 0 Å². The number of pyridine rings is 1. The molecule has 1 saturated heterocycles. The van der Waals surface area contributed by atoms with Gasteiger partial charge in [-0.1, -0.05) is 6.07 Å². The minimum Gasteiger partial charge on any atom is -0.426 e. The average Bonchev–Trinajstić information content (AvgIpc) is 2.56. The number of nitrogens with two attached hydrogens (primary N) is 2. The van der Waals surface area contributed by atoms with Crippen LogP contribution in [0.1, 0.15) is 36.1 Å². The summed E-state index contributed by atoms with van der Waals surface area (Å²) in [5, 5.41) is 30.6. The molecule has 0 radical (unpaired) electrons. The largest absolute Gasteiger partial charge is 0.478 e. The van der Waals surface area contributed by atoms with E-state index in [-0.39, 0.29) is 25.3 Å². The lowest BCUT2D eigenvalue weighted by Crippen LogP contribution is -2.53. The Balaban J connectivity index is 1.88. The number of aliphatic hydroxyl groups is 2. The van der Waals surface area contributed by atoms with Crippen molar-refractivity contribution in [2.24, 2.45) is 11.5 Å². The van der Waals surface area contributed by atoms with Gasteiger partial charge in [0, 0.05) is 31.8 Å². The highest BCUT2D eigenvalue weighted by Crippen LogP contribution is 2.19. The van der Waals surface area contributed by atoms with Crippen LogP contribution in [-0.4, -0.2) is 51.6 Å². The fourth-order valence-corrected chi connectivity index (χ4v) is 2.91. The molecular formula is C15H25BN4O5. The zero-order valence-corrected chi connectivity index (χ0v) is 14.0. The van der Waals surface area contributed by atoms with Crippen molar-refractivity contribution in [3.63, 3.8) is 0 Å². The molecule has 2 atom stereocenters. The monoisotopic (exact) mass is 352 g/mol. The van der Waals surface area contributed by atoms with E-state index >= 15 is 0 Å². The molecule has 0 aliphatic carbocycles. The van der Waals surface area contributed by atoms with Crippen molar-refractivity contribution in [2.45, 2.75) is 57.1 Å². The van der Waals surface area contributed by atoms with E-state index in [0.717, 1.165) is 5.56 Å². The summed E-state index contributed by atoms with van der Waals surface area (Å²) >= 11 is 0. The van der Waals surface area contributed by atoms with Crippen molar-refractivity contribution in [1.82, 2.24) is 10.3 Å². The van der Waals surface area contributed by atoms with Crippen molar-refractivity contribution in [3.8, 4) is 0 Å². The Kier molecular flexibility index (Phi) is 7.30. The summed E-state index contributed by atoms with van der Waals surface area (Å²) in [4.78, 5) is 16.4. The zero-order valence-electron chi connectivity index (χ0n) is 14.0. The number of hydrogen-bond acceptors (Lipinski definition) is 8. The van der Waals surface area contributed by atoms with Crippen molar-refractivity contribution >= 4 is 13.0 Å². The molecule has 2 rings (SSSR count). The van der Waals surface area contributed by atoms with Gasteiger partial charge in [-0.25, -0.2) is 0 Å². The molecule has 1 aliphatic rings. The van der Waals surface area contributed by atoms with Crippen LogP contribution in [0, 0.1) is 0 Å². The second-order valence-corrected chi connectivity index (χ2v) is 6.15. The predicted molar refractivity (Wildman–Crippen MR) is 90.6 cm³/mol. The molecule has 2 heterocycles. The molecule has 0 spiro atoms. The molecule has 8 N–H and O–H groups in total. The van der Waals surface area contributed by atoms with Gasteiger partial charge in [-0.05, 0) is 24.0 Å². The van der Waals surface area contributed by atoms with E-state index in [0.29, 0.717) is 30.6 Å². The number of nitrogens with zero attached hydrogens (tertiary/aromatic N) is 1. The third-order valence-electron chi connectivity index (χ3n) is 4.19. The fraction of sp³-hybridized carbons (Fsp3) is 0.600. The molecule has 0 unspecified atom stereocenters. The summed E-state index contributed by atoms with van der Waals surface area (Å²) in [6.07, 6.45) is 0.804. The van der Waals surface area contributed by atoms with Crippen LogP contribution in [0.3, 0.4) is 0 Å². The number of carbonyl (C=O) groups excluding carboxylic acids is 1. The molecule has 0 aromatic carbocycles. The van der Waals surface area contributed by atoms with Gasteiger partial charge in [-0.15, -0.1) is 0 Å². The van der Waals surface area contributed by atoms with Gasteiger partial charge in [-0.3, -0.25) is 9.78 Å². The maximum Gasteiger partial charge on any atom is 0.478 e. The molecule has 10 heteroatoms. The Morgan fingerprint density at radius 3 is 2.76 bits per heavy atom. The van der Waals surface area contributed by atoms with E-state index in [4.69, 9.17) is 26.3 Å². The number of nitrogens with one attached hydrogen (secondary N) is 1. The Morgan fingerprint density at radius 1 is 1.40 bits per heavy atom. The lowest BCUT2D eigenvalue weighted by molar-refractivity contribution is -0.121. The van der Waals surface area contributed by atoms with Gasteiger partial charge in [0.2, 0.25) is 5.91 Å². The number of aliphatic hydroxyl groups excluding tert-OH is 1. The van der Waals surface area contributed by atoms with Gasteiger partial charge in [0.15, 0.2) is 6.29 Å². The molecule has 25 heavy (non-hydrogen) atoms. The van der Waals surface area contributed by atoms with Gasteiger partial charge in [0.1, 0.15) is 0 Å². The van der Waals surface area contributed by atoms with Gasteiger partial charge >= 0.3 is 7.12 Å². The standard InChI is InChI=1S/C15H25BN4O5/c17-6-10-3-9(8-19-12(10)7-18)4-14(21)20-13-2-1-11(5-15(22)23)25-16(13)24/h3,8,11,13,15,22-24H,1-2,4-7,17-18H2,(H,20,21)/t11-,13-/m0/s1. The van der Waals surface area contributed by atoms with Crippen molar-refractivity contribution in [3.05, 3.63) is 29.1 Å². The second-order valence-electron chi connectivity index (χ2n) is 6.15. The van der Waals surface area contributed by atoms with Crippen LogP contribution in [-0.2, 0) is 29.0 Å². The van der Waals surface area contributed by atoms with E-state index in [9.17, 15) is 9.82 Å². The molecule has 9 nitrogen and oxygen atoms in total.